The van der Waals surface area contributed by atoms with Crippen molar-refractivity contribution in [3.8, 4) is 6.07 Å². The molecule has 1 aliphatic carbocycles. The largest absolute Gasteiger partial charge is 0.379 e. The lowest BCUT2D eigenvalue weighted by Crippen LogP contribution is -2.23. The van der Waals surface area contributed by atoms with Gasteiger partial charge in [-0.1, -0.05) is 6.07 Å². The SMILES string of the molecule is Cc1ccc(C#N)c(N(C)CCOCC2CC2)c1. The Morgan fingerprint density at radius 1 is 1.44 bits per heavy atom. The Morgan fingerprint density at radius 2 is 2.22 bits per heavy atom. The van der Waals surface area contributed by atoms with E-state index in [-0.39, 0.29) is 0 Å². The highest BCUT2D eigenvalue weighted by molar-refractivity contribution is 5.60. The lowest BCUT2D eigenvalue weighted by Gasteiger charge is -2.21. The number of likely N-dealkylation sites (N-methyl/N-ethyl adjacent to an activating group) is 1. The molecule has 1 aromatic carbocycles. The molecule has 1 fully saturated rings. The molecule has 1 aliphatic rings. The van der Waals surface area contributed by atoms with E-state index in [0.29, 0.717) is 0 Å². The molecule has 1 saturated carbocycles. The predicted molar refractivity (Wildman–Crippen MR) is 72.7 cm³/mol. The summed E-state index contributed by atoms with van der Waals surface area (Å²) in [4.78, 5) is 2.10. The molecule has 18 heavy (non-hydrogen) atoms. The minimum Gasteiger partial charge on any atom is -0.379 e. The lowest BCUT2D eigenvalue weighted by atomic mass is 10.1. The molecule has 0 bridgehead atoms. The molecule has 0 unspecified atom stereocenters. The Bertz CT molecular complexity index is 446. The Balaban J connectivity index is 1.88. The van der Waals surface area contributed by atoms with Gasteiger partial charge in [-0.15, -0.1) is 0 Å². The van der Waals surface area contributed by atoms with E-state index >= 15 is 0 Å². The van der Waals surface area contributed by atoms with Crippen molar-refractivity contribution in [2.45, 2.75) is 19.8 Å². The zero-order chi connectivity index (χ0) is 13.0. The van der Waals surface area contributed by atoms with Crippen molar-refractivity contribution in [1.82, 2.24) is 0 Å². The number of anilines is 1. The molecule has 3 heteroatoms. The number of rotatable bonds is 6. The van der Waals surface area contributed by atoms with Gasteiger partial charge in [0.2, 0.25) is 0 Å². The van der Waals surface area contributed by atoms with E-state index in [0.717, 1.165) is 36.9 Å². The average Bonchev–Trinajstić information content (AvgIpc) is 3.18. The zero-order valence-corrected chi connectivity index (χ0v) is 11.1. The van der Waals surface area contributed by atoms with Crippen LogP contribution in [0.25, 0.3) is 0 Å². The van der Waals surface area contributed by atoms with E-state index in [2.05, 4.69) is 17.0 Å². The number of aryl methyl sites for hydroxylation is 1. The van der Waals surface area contributed by atoms with Crippen LogP contribution >= 0.6 is 0 Å². The Kier molecular flexibility index (Phi) is 4.22. The first-order chi connectivity index (χ1) is 8.70. The molecule has 0 aliphatic heterocycles. The molecule has 3 nitrogen and oxygen atoms in total. The fourth-order valence-corrected chi connectivity index (χ4v) is 1.91. The highest BCUT2D eigenvalue weighted by atomic mass is 16.5. The van der Waals surface area contributed by atoms with Crippen LogP contribution in [-0.4, -0.2) is 26.8 Å². The summed E-state index contributed by atoms with van der Waals surface area (Å²) in [6, 6.07) is 8.15. The van der Waals surface area contributed by atoms with Gasteiger partial charge in [0.15, 0.2) is 0 Å². The van der Waals surface area contributed by atoms with E-state index in [1.54, 1.807) is 0 Å². The van der Waals surface area contributed by atoms with Gasteiger partial charge in [-0.3, -0.25) is 0 Å². The summed E-state index contributed by atoms with van der Waals surface area (Å²) in [6.45, 7) is 4.49. The number of nitrogens with zero attached hydrogens (tertiary/aromatic N) is 2. The topological polar surface area (TPSA) is 36.3 Å². The van der Waals surface area contributed by atoms with E-state index in [9.17, 15) is 0 Å². The molecule has 0 N–H and O–H groups in total. The summed E-state index contributed by atoms with van der Waals surface area (Å²) in [5.74, 6) is 0.809. The van der Waals surface area contributed by atoms with E-state index < -0.39 is 0 Å². The molecule has 1 aromatic rings. The third kappa shape index (κ3) is 3.48. The summed E-state index contributed by atoms with van der Waals surface area (Å²) in [5, 5.41) is 9.10. The van der Waals surface area contributed by atoms with Gasteiger partial charge in [-0.25, -0.2) is 0 Å². The van der Waals surface area contributed by atoms with Crippen molar-refractivity contribution in [3.63, 3.8) is 0 Å². The molecular formula is C15H20N2O. The molecule has 0 atom stereocenters. The van der Waals surface area contributed by atoms with Crippen LogP contribution in [0.15, 0.2) is 18.2 Å². The molecule has 0 radical (unpaired) electrons. The minimum absolute atomic E-state index is 0.727. The number of hydrogen-bond donors (Lipinski definition) is 0. The summed E-state index contributed by atoms with van der Waals surface area (Å²) >= 11 is 0. The second kappa shape index (κ2) is 5.88. The van der Waals surface area contributed by atoms with Crippen molar-refractivity contribution >= 4 is 5.69 Å². The van der Waals surface area contributed by atoms with Crippen LogP contribution in [0.2, 0.25) is 0 Å². The maximum Gasteiger partial charge on any atom is 0.101 e. The van der Waals surface area contributed by atoms with Crippen LogP contribution < -0.4 is 4.90 Å². The molecule has 0 saturated heterocycles. The molecule has 0 heterocycles. The summed E-state index contributed by atoms with van der Waals surface area (Å²) in [7, 11) is 2.01. The van der Waals surface area contributed by atoms with Crippen LogP contribution in [-0.2, 0) is 4.74 Å². The molecule has 0 aromatic heterocycles. The quantitative estimate of drug-likeness (QED) is 0.722. The minimum atomic E-state index is 0.727. The third-order valence-corrected chi connectivity index (χ3v) is 3.31. The van der Waals surface area contributed by atoms with Gasteiger partial charge in [0, 0.05) is 20.2 Å². The van der Waals surface area contributed by atoms with Crippen molar-refractivity contribution in [1.29, 1.82) is 5.26 Å². The fraction of sp³-hybridized carbons (Fsp3) is 0.533. The first kappa shape index (κ1) is 12.9. The fourth-order valence-electron chi connectivity index (χ4n) is 1.91. The van der Waals surface area contributed by atoms with Gasteiger partial charge in [0.05, 0.1) is 17.9 Å². The van der Waals surface area contributed by atoms with E-state index in [1.165, 1.54) is 18.4 Å². The number of benzene rings is 1. The summed E-state index contributed by atoms with van der Waals surface area (Å²) in [5.41, 5.74) is 2.90. The van der Waals surface area contributed by atoms with Crippen LogP contribution in [0, 0.1) is 24.2 Å². The molecular weight excluding hydrogens is 224 g/mol. The maximum absolute atomic E-state index is 9.10. The van der Waals surface area contributed by atoms with Gasteiger partial charge in [-0.05, 0) is 43.4 Å². The normalized spacial score (nSPS) is 14.3. The van der Waals surface area contributed by atoms with Gasteiger partial charge >= 0.3 is 0 Å². The summed E-state index contributed by atoms with van der Waals surface area (Å²) < 4.78 is 5.63. The lowest BCUT2D eigenvalue weighted by molar-refractivity contribution is 0.131. The average molecular weight is 244 g/mol. The predicted octanol–water partition coefficient (Wildman–Crippen LogP) is 2.73. The highest BCUT2D eigenvalue weighted by Gasteiger charge is 2.21. The third-order valence-electron chi connectivity index (χ3n) is 3.31. The van der Waals surface area contributed by atoms with E-state index in [4.69, 9.17) is 10.00 Å². The Hall–Kier alpha value is -1.53. The second-order valence-corrected chi connectivity index (χ2v) is 5.07. The molecule has 96 valence electrons. The van der Waals surface area contributed by atoms with Crippen molar-refractivity contribution in [2.24, 2.45) is 5.92 Å². The van der Waals surface area contributed by atoms with Gasteiger partial charge in [-0.2, -0.15) is 5.26 Å². The van der Waals surface area contributed by atoms with E-state index in [1.807, 2.05) is 26.1 Å². The van der Waals surface area contributed by atoms with Gasteiger partial charge in [0.1, 0.15) is 6.07 Å². The first-order valence-electron chi connectivity index (χ1n) is 6.50. The van der Waals surface area contributed by atoms with Crippen LogP contribution in [0.4, 0.5) is 5.69 Å². The molecule has 2 rings (SSSR count). The number of ether oxygens (including phenoxy) is 1. The van der Waals surface area contributed by atoms with Crippen LogP contribution in [0.3, 0.4) is 0 Å². The number of hydrogen-bond acceptors (Lipinski definition) is 3. The number of nitriles is 1. The highest BCUT2D eigenvalue weighted by Crippen LogP contribution is 2.28. The standard InChI is InChI=1S/C15H20N2O/c1-12-3-6-14(10-16)15(9-12)17(2)7-8-18-11-13-4-5-13/h3,6,9,13H,4-5,7-8,11H2,1-2H3. The van der Waals surface area contributed by atoms with Gasteiger partial charge < -0.3 is 9.64 Å². The molecule has 0 amide bonds. The Morgan fingerprint density at radius 3 is 2.89 bits per heavy atom. The monoisotopic (exact) mass is 244 g/mol. The van der Waals surface area contributed by atoms with Crippen LogP contribution in [0.5, 0.6) is 0 Å². The van der Waals surface area contributed by atoms with Crippen molar-refractivity contribution in [3.05, 3.63) is 29.3 Å². The maximum atomic E-state index is 9.10. The molecule has 0 spiro atoms. The van der Waals surface area contributed by atoms with Crippen molar-refractivity contribution < 1.29 is 4.74 Å². The van der Waals surface area contributed by atoms with Gasteiger partial charge in [0.25, 0.3) is 0 Å². The second-order valence-electron chi connectivity index (χ2n) is 5.07. The van der Waals surface area contributed by atoms with Crippen LogP contribution in [0.1, 0.15) is 24.0 Å². The smallest absolute Gasteiger partial charge is 0.101 e. The summed E-state index contributed by atoms with van der Waals surface area (Å²) in [6.07, 6.45) is 2.65. The zero-order valence-electron chi connectivity index (χ0n) is 11.1. The Labute approximate surface area is 109 Å². The first-order valence-corrected chi connectivity index (χ1v) is 6.50. The van der Waals surface area contributed by atoms with Crippen molar-refractivity contribution in [2.75, 3.05) is 31.7 Å².